The highest BCUT2D eigenvalue weighted by Gasteiger charge is 2.78. The lowest BCUT2D eigenvalue weighted by atomic mass is 9.44. The van der Waals surface area contributed by atoms with Crippen LogP contribution in [0.25, 0.3) is 0 Å². The summed E-state index contributed by atoms with van der Waals surface area (Å²) < 4.78 is 29.2. The summed E-state index contributed by atoms with van der Waals surface area (Å²) in [4.78, 5) is 68.2. The van der Waals surface area contributed by atoms with Gasteiger partial charge in [0.2, 0.25) is 0 Å². The van der Waals surface area contributed by atoms with Gasteiger partial charge in [-0.2, -0.15) is 0 Å². The van der Waals surface area contributed by atoms with Crippen LogP contribution in [0, 0.1) is 22.2 Å². The van der Waals surface area contributed by atoms with Gasteiger partial charge >= 0.3 is 24.0 Å². The molecule has 3 fully saturated rings. The van der Waals surface area contributed by atoms with E-state index in [2.05, 4.69) is 5.32 Å². The molecule has 3 aliphatic carbocycles. The largest absolute Gasteiger partial charge is 0.456 e. The maximum absolute atomic E-state index is 14.9. The average Bonchev–Trinajstić information content (AvgIpc) is 3.07. The summed E-state index contributed by atoms with van der Waals surface area (Å²) in [7, 11) is 0. The number of nitrogens with one attached hydrogen (secondary N) is 1. The van der Waals surface area contributed by atoms with Crippen LogP contribution in [0.2, 0.25) is 0 Å². The number of alkyl carbamates (subject to hydrolysis) is 1. The average molecular weight is 774 g/mol. The zero-order chi connectivity index (χ0) is 41.2. The number of hydrogen-bond donors (Lipinski definition) is 5. The molecule has 11 atom stereocenters. The molecule has 1 aromatic carbocycles. The fourth-order valence-electron chi connectivity index (χ4n) is 9.26. The first-order chi connectivity index (χ1) is 25.3. The van der Waals surface area contributed by atoms with Crippen molar-refractivity contribution in [3.63, 3.8) is 0 Å². The van der Waals surface area contributed by atoms with Gasteiger partial charge in [-0.25, -0.2) is 14.4 Å². The maximum Gasteiger partial charge on any atom is 0.407 e. The number of hydrogen-bond acceptors (Lipinski definition) is 14. The Hall–Kier alpha value is -3.89. The molecule has 15 nitrogen and oxygen atoms in total. The number of benzene rings is 1. The van der Waals surface area contributed by atoms with Gasteiger partial charge in [0.15, 0.2) is 17.5 Å². The van der Waals surface area contributed by atoms with Crippen molar-refractivity contribution in [1.82, 2.24) is 5.32 Å². The number of amides is 1. The fraction of sp³-hybridized carbons (Fsp3) is 0.675. The first-order valence-corrected chi connectivity index (χ1v) is 18.6. The molecule has 5 rings (SSSR count). The highest BCUT2D eigenvalue weighted by atomic mass is 16.6. The summed E-state index contributed by atoms with van der Waals surface area (Å²) in [5, 5.41) is 51.2. The van der Waals surface area contributed by atoms with E-state index in [4.69, 9.17) is 23.7 Å². The van der Waals surface area contributed by atoms with E-state index in [0.29, 0.717) is 0 Å². The Labute approximate surface area is 320 Å². The highest BCUT2D eigenvalue weighted by molar-refractivity contribution is 5.94. The van der Waals surface area contributed by atoms with E-state index in [1.807, 2.05) is 0 Å². The van der Waals surface area contributed by atoms with Crippen molar-refractivity contribution in [2.24, 2.45) is 22.2 Å². The summed E-state index contributed by atoms with van der Waals surface area (Å²) in [6, 6.07) is 6.65. The molecule has 1 saturated heterocycles. The number of aliphatic hydroxyl groups is 4. The lowest BCUT2D eigenvalue weighted by Crippen LogP contribution is -2.81. The molecular formula is C40H55NO14. The zero-order valence-corrected chi connectivity index (χ0v) is 33.1. The van der Waals surface area contributed by atoms with Gasteiger partial charge in [-0.05, 0) is 56.4 Å². The van der Waals surface area contributed by atoms with Gasteiger partial charge < -0.3 is 49.4 Å². The summed E-state index contributed by atoms with van der Waals surface area (Å²) in [5.74, 6) is -5.28. The molecule has 304 valence electrons. The van der Waals surface area contributed by atoms with Crippen LogP contribution in [0.5, 0.6) is 0 Å². The molecule has 4 aliphatic rings. The van der Waals surface area contributed by atoms with Crippen molar-refractivity contribution in [2.75, 3.05) is 6.61 Å². The number of esters is 3. The van der Waals surface area contributed by atoms with Gasteiger partial charge in [0.1, 0.15) is 30.0 Å². The Morgan fingerprint density at radius 3 is 2.16 bits per heavy atom. The van der Waals surface area contributed by atoms with Gasteiger partial charge in [0, 0.05) is 25.2 Å². The van der Waals surface area contributed by atoms with Crippen molar-refractivity contribution in [2.45, 2.75) is 142 Å². The van der Waals surface area contributed by atoms with E-state index in [1.165, 1.54) is 26.0 Å². The minimum absolute atomic E-state index is 0.0503. The van der Waals surface area contributed by atoms with Crippen LogP contribution >= 0.6 is 0 Å². The first kappa shape index (κ1) is 42.3. The molecule has 2 bridgehead atoms. The van der Waals surface area contributed by atoms with Gasteiger partial charge in [-0.1, -0.05) is 52.8 Å². The third kappa shape index (κ3) is 6.96. The number of rotatable bonds is 8. The third-order valence-electron chi connectivity index (χ3n) is 12.3. The molecule has 1 aliphatic heterocycles. The highest BCUT2D eigenvalue weighted by Crippen LogP contribution is 2.64. The van der Waals surface area contributed by atoms with Gasteiger partial charge in [0.25, 0.3) is 0 Å². The van der Waals surface area contributed by atoms with Crippen LogP contribution in [0.3, 0.4) is 0 Å². The number of Topliss-reactive ketones (excluding diaryl/α,β-unsaturated/α-hetero) is 1. The van der Waals surface area contributed by atoms with E-state index in [-0.39, 0.29) is 29.7 Å². The summed E-state index contributed by atoms with van der Waals surface area (Å²) >= 11 is 0. The SMILES string of the molecule is CC(=O)O[C@@]12CO[C@@H]1C[C@H](O)[C@@]1(C)C(=O)[C@H](O)C3=C(C)[C@@H](OC(=O)[C@H](O)[C@@H](NC(=O)OC(C)C)C(C)(C)C)C[C@@](O)([C@@H](OC(=O)c4ccccc4)[C@H]21)C3(C)C. The number of ketones is 1. The Bertz CT molecular complexity index is 1730. The normalized spacial score (nSPS) is 35.1. The Morgan fingerprint density at radius 1 is 1.02 bits per heavy atom. The predicted octanol–water partition coefficient (Wildman–Crippen LogP) is 2.54. The molecule has 55 heavy (non-hydrogen) atoms. The Morgan fingerprint density at radius 2 is 1.64 bits per heavy atom. The second-order valence-electron chi connectivity index (χ2n) is 17.5. The predicted molar refractivity (Wildman–Crippen MR) is 193 cm³/mol. The van der Waals surface area contributed by atoms with E-state index in [1.54, 1.807) is 66.7 Å². The number of fused-ring (bicyclic) bond motifs is 5. The zero-order valence-electron chi connectivity index (χ0n) is 33.1. The monoisotopic (exact) mass is 773 g/mol. The summed E-state index contributed by atoms with van der Waals surface area (Å²) in [5.41, 5.74) is -8.35. The number of aliphatic hydroxyl groups excluding tert-OH is 3. The van der Waals surface area contributed by atoms with Gasteiger partial charge in [-0.3, -0.25) is 9.59 Å². The lowest BCUT2D eigenvalue weighted by Gasteiger charge is -2.67. The quantitative estimate of drug-likeness (QED) is 0.146. The molecule has 0 unspecified atom stereocenters. The van der Waals surface area contributed by atoms with Crippen LogP contribution in [0.15, 0.2) is 41.5 Å². The Kier molecular flexibility index (Phi) is 11.2. The molecule has 15 heteroatoms. The fourth-order valence-corrected chi connectivity index (χ4v) is 9.26. The standard InChI is InChI=1S/C40H55NO14/c1-19(2)52-35(49)41-30(36(5,6)7)28(45)34(48)53-23-17-40(50)32(54-33(47)22-14-12-11-13-15-22)29-38(10,31(46)27(44)26(20(23)3)37(40,8)9)24(43)16-25-39(29,18-51-25)55-21(4)42/h11-15,19,23-25,27-30,32,43-45,50H,16-18H2,1-10H3,(H,41,49)/t23-,24-,25+,27+,28+,29-,30+,32-,38+,39-,40+/m0/s1. The molecule has 0 spiro atoms. The molecule has 2 saturated carbocycles. The van der Waals surface area contributed by atoms with Crippen LogP contribution in [-0.2, 0) is 38.1 Å². The van der Waals surface area contributed by atoms with Gasteiger partial charge in [-0.15, -0.1) is 0 Å². The van der Waals surface area contributed by atoms with Crippen molar-refractivity contribution in [3.05, 3.63) is 47.0 Å². The molecule has 5 N–H and O–H groups in total. The molecule has 1 heterocycles. The molecular weight excluding hydrogens is 718 g/mol. The second-order valence-corrected chi connectivity index (χ2v) is 17.5. The first-order valence-electron chi connectivity index (χ1n) is 18.6. The minimum Gasteiger partial charge on any atom is -0.456 e. The van der Waals surface area contributed by atoms with Gasteiger partial charge in [0.05, 0.1) is 41.8 Å². The smallest absolute Gasteiger partial charge is 0.407 e. The van der Waals surface area contributed by atoms with E-state index in [9.17, 15) is 44.4 Å². The minimum atomic E-state index is -2.33. The molecule has 0 aromatic heterocycles. The molecule has 1 amide bonds. The van der Waals surface area contributed by atoms with Crippen LogP contribution in [0.1, 0.15) is 92.4 Å². The molecule has 1 aromatic rings. The van der Waals surface area contributed by atoms with Crippen LogP contribution < -0.4 is 5.32 Å². The number of ether oxygens (including phenoxy) is 5. The topological polar surface area (TPSA) is 224 Å². The lowest BCUT2D eigenvalue weighted by molar-refractivity contribution is -0.346. The summed E-state index contributed by atoms with van der Waals surface area (Å²) in [6.07, 6.45) is -11.7. The third-order valence-corrected chi connectivity index (χ3v) is 12.3. The number of carbonyl (C=O) groups is 5. The van der Waals surface area contributed by atoms with E-state index >= 15 is 0 Å². The maximum atomic E-state index is 14.9. The molecule has 0 radical (unpaired) electrons. The van der Waals surface area contributed by atoms with E-state index in [0.717, 1.165) is 6.92 Å². The second kappa shape index (κ2) is 14.6. The van der Waals surface area contributed by atoms with Crippen molar-refractivity contribution in [1.29, 1.82) is 0 Å². The number of carbonyl (C=O) groups excluding carboxylic acids is 5. The van der Waals surface area contributed by atoms with E-state index < -0.39 is 118 Å². The van der Waals surface area contributed by atoms with Crippen LogP contribution in [0.4, 0.5) is 4.79 Å². The van der Waals surface area contributed by atoms with Crippen molar-refractivity contribution < 1.29 is 68.1 Å². The van der Waals surface area contributed by atoms with Crippen LogP contribution in [-0.4, -0.2) is 117 Å². The summed E-state index contributed by atoms with van der Waals surface area (Å²) in [6.45, 7) is 15.2. The Balaban J connectivity index is 1.68. The van der Waals surface area contributed by atoms with Crippen molar-refractivity contribution in [3.8, 4) is 0 Å². The van der Waals surface area contributed by atoms with Crippen molar-refractivity contribution >= 4 is 29.8 Å².